The molecule has 1 aromatic rings. The smallest absolute Gasteiger partial charge is 0.236 e. The number of primary amides is 1. The second-order valence-electron chi connectivity index (χ2n) is 4.17. The van der Waals surface area contributed by atoms with Gasteiger partial charge in [-0.25, -0.2) is 0 Å². The lowest BCUT2D eigenvalue weighted by Gasteiger charge is -2.29. The highest BCUT2D eigenvalue weighted by molar-refractivity contribution is 6.30. The van der Waals surface area contributed by atoms with Crippen LogP contribution in [0.4, 0.5) is 5.69 Å². The summed E-state index contributed by atoms with van der Waals surface area (Å²) in [4.78, 5) is 13.0. The van der Waals surface area contributed by atoms with Crippen molar-refractivity contribution in [3.8, 4) is 0 Å². The van der Waals surface area contributed by atoms with Crippen LogP contribution in [0.2, 0.25) is 5.02 Å². The maximum absolute atomic E-state index is 11.1. The predicted octanol–water partition coefficient (Wildman–Crippen LogP) is 1.50. The fraction of sp³-hybridized carbons (Fsp3) is 0.417. The van der Waals surface area contributed by atoms with Gasteiger partial charge in [0.2, 0.25) is 5.91 Å². The molecule has 0 bridgehead atoms. The molecular weight excluding hydrogens is 238 g/mol. The van der Waals surface area contributed by atoms with E-state index >= 15 is 0 Å². The Morgan fingerprint density at radius 3 is 2.59 bits per heavy atom. The number of benzene rings is 1. The summed E-state index contributed by atoms with van der Waals surface area (Å²) in [5, 5.41) is 0.618. The van der Waals surface area contributed by atoms with Crippen LogP contribution in [0, 0.1) is 0 Å². The van der Waals surface area contributed by atoms with E-state index in [4.69, 9.17) is 23.1 Å². The van der Waals surface area contributed by atoms with Crippen molar-refractivity contribution in [2.45, 2.75) is 26.4 Å². The van der Waals surface area contributed by atoms with Crippen molar-refractivity contribution in [3.63, 3.8) is 0 Å². The molecule has 0 aliphatic heterocycles. The van der Waals surface area contributed by atoms with Crippen LogP contribution >= 0.6 is 11.6 Å². The Labute approximate surface area is 107 Å². The van der Waals surface area contributed by atoms with Crippen LogP contribution in [0.5, 0.6) is 0 Å². The Kier molecular flexibility index (Phi) is 4.78. The lowest BCUT2D eigenvalue weighted by molar-refractivity contribution is -0.116. The summed E-state index contributed by atoms with van der Waals surface area (Å²) in [6, 6.07) is 5.61. The van der Waals surface area contributed by atoms with Crippen LogP contribution in [0.25, 0.3) is 0 Å². The van der Waals surface area contributed by atoms with E-state index in [1.165, 1.54) is 0 Å². The molecule has 17 heavy (non-hydrogen) atoms. The predicted molar refractivity (Wildman–Crippen MR) is 71.0 cm³/mol. The van der Waals surface area contributed by atoms with Gasteiger partial charge in [-0.3, -0.25) is 4.79 Å². The van der Waals surface area contributed by atoms with E-state index in [0.717, 1.165) is 11.3 Å². The van der Waals surface area contributed by atoms with Gasteiger partial charge in [0.1, 0.15) is 0 Å². The molecule has 4 N–H and O–H groups in total. The number of hydrogen-bond donors (Lipinski definition) is 2. The molecule has 5 heteroatoms. The molecule has 0 atom stereocenters. The van der Waals surface area contributed by atoms with E-state index in [1.54, 1.807) is 6.07 Å². The summed E-state index contributed by atoms with van der Waals surface area (Å²) in [5.74, 6) is -0.373. The number of hydrogen-bond acceptors (Lipinski definition) is 3. The number of nitrogens with zero attached hydrogens (tertiary/aromatic N) is 1. The first-order chi connectivity index (χ1) is 7.95. The van der Waals surface area contributed by atoms with Gasteiger partial charge in [0.05, 0.1) is 6.54 Å². The second-order valence-corrected chi connectivity index (χ2v) is 4.60. The number of amides is 1. The van der Waals surface area contributed by atoms with E-state index in [1.807, 2.05) is 30.9 Å². The number of nitrogens with two attached hydrogens (primary N) is 2. The number of anilines is 1. The molecule has 1 aromatic carbocycles. The standard InChI is InChI=1S/C12H18ClN3O/c1-8(2)16(7-12(15)17)11-5-10(13)4-3-9(11)6-14/h3-5,8H,6-7,14H2,1-2H3,(H2,15,17). The summed E-state index contributed by atoms with van der Waals surface area (Å²) in [6.07, 6.45) is 0. The van der Waals surface area contributed by atoms with E-state index in [2.05, 4.69) is 0 Å². The van der Waals surface area contributed by atoms with Crippen LogP contribution in [0.15, 0.2) is 18.2 Å². The number of carbonyl (C=O) groups is 1. The zero-order chi connectivity index (χ0) is 13.0. The van der Waals surface area contributed by atoms with Gasteiger partial charge in [-0.1, -0.05) is 17.7 Å². The van der Waals surface area contributed by atoms with E-state index in [-0.39, 0.29) is 18.5 Å². The average molecular weight is 256 g/mol. The van der Waals surface area contributed by atoms with Crippen molar-refractivity contribution in [1.82, 2.24) is 0 Å². The maximum Gasteiger partial charge on any atom is 0.236 e. The Balaban J connectivity index is 3.16. The monoisotopic (exact) mass is 255 g/mol. The molecule has 94 valence electrons. The molecule has 0 saturated heterocycles. The Hall–Kier alpha value is -1.26. The van der Waals surface area contributed by atoms with Crippen molar-refractivity contribution in [2.75, 3.05) is 11.4 Å². The third-order valence-corrected chi connectivity index (χ3v) is 2.76. The minimum atomic E-state index is -0.373. The Morgan fingerprint density at radius 2 is 2.12 bits per heavy atom. The van der Waals surface area contributed by atoms with Gasteiger partial charge < -0.3 is 16.4 Å². The lowest BCUT2D eigenvalue weighted by atomic mass is 10.1. The summed E-state index contributed by atoms with van der Waals surface area (Å²) >= 11 is 5.98. The molecular formula is C12H18ClN3O. The van der Waals surface area contributed by atoms with E-state index in [9.17, 15) is 4.79 Å². The summed E-state index contributed by atoms with van der Waals surface area (Å²) < 4.78 is 0. The van der Waals surface area contributed by atoms with Crippen LogP contribution in [0.1, 0.15) is 19.4 Å². The first-order valence-electron chi connectivity index (χ1n) is 5.49. The maximum atomic E-state index is 11.1. The second kappa shape index (κ2) is 5.89. The van der Waals surface area contributed by atoms with Crippen LogP contribution in [-0.2, 0) is 11.3 Å². The van der Waals surface area contributed by atoms with E-state index < -0.39 is 0 Å². The topological polar surface area (TPSA) is 72.3 Å². The zero-order valence-electron chi connectivity index (χ0n) is 10.1. The SMILES string of the molecule is CC(C)N(CC(N)=O)c1cc(Cl)ccc1CN. The van der Waals surface area contributed by atoms with Gasteiger partial charge in [-0.15, -0.1) is 0 Å². The molecule has 1 amide bonds. The molecule has 0 aliphatic carbocycles. The minimum absolute atomic E-state index is 0.145. The van der Waals surface area contributed by atoms with Gasteiger partial charge in [0, 0.05) is 23.3 Å². The van der Waals surface area contributed by atoms with Crippen molar-refractivity contribution < 1.29 is 4.79 Å². The Morgan fingerprint density at radius 1 is 1.47 bits per heavy atom. The summed E-state index contributed by atoms with van der Waals surface area (Å²) in [6.45, 7) is 4.54. The van der Waals surface area contributed by atoms with Gasteiger partial charge >= 0.3 is 0 Å². The number of rotatable bonds is 5. The molecule has 0 heterocycles. The summed E-state index contributed by atoms with van der Waals surface area (Å²) in [7, 11) is 0. The molecule has 0 aromatic heterocycles. The molecule has 0 aliphatic rings. The first kappa shape index (κ1) is 13.8. The van der Waals surface area contributed by atoms with Gasteiger partial charge in [-0.05, 0) is 31.5 Å². The van der Waals surface area contributed by atoms with Crippen molar-refractivity contribution >= 4 is 23.2 Å². The molecule has 0 radical (unpaired) electrons. The normalized spacial score (nSPS) is 10.6. The van der Waals surface area contributed by atoms with Gasteiger partial charge in [0.25, 0.3) is 0 Å². The van der Waals surface area contributed by atoms with Gasteiger partial charge in [-0.2, -0.15) is 0 Å². The number of carbonyl (C=O) groups excluding carboxylic acids is 1. The third-order valence-electron chi connectivity index (χ3n) is 2.53. The van der Waals surface area contributed by atoms with Crippen LogP contribution in [-0.4, -0.2) is 18.5 Å². The van der Waals surface area contributed by atoms with Crippen molar-refractivity contribution in [1.29, 1.82) is 0 Å². The minimum Gasteiger partial charge on any atom is -0.368 e. The zero-order valence-corrected chi connectivity index (χ0v) is 10.9. The van der Waals surface area contributed by atoms with Crippen molar-refractivity contribution in [2.24, 2.45) is 11.5 Å². The average Bonchev–Trinajstić information content (AvgIpc) is 2.25. The molecule has 0 fully saturated rings. The Bertz CT molecular complexity index is 407. The highest BCUT2D eigenvalue weighted by atomic mass is 35.5. The molecule has 0 unspecified atom stereocenters. The van der Waals surface area contributed by atoms with Crippen LogP contribution in [0.3, 0.4) is 0 Å². The van der Waals surface area contributed by atoms with Crippen LogP contribution < -0.4 is 16.4 Å². The number of halogens is 1. The quantitative estimate of drug-likeness (QED) is 0.838. The molecule has 0 saturated carbocycles. The fourth-order valence-electron chi connectivity index (χ4n) is 1.69. The third kappa shape index (κ3) is 3.61. The molecule has 4 nitrogen and oxygen atoms in total. The molecule has 0 spiro atoms. The van der Waals surface area contributed by atoms with E-state index in [0.29, 0.717) is 11.6 Å². The highest BCUT2D eigenvalue weighted by Gasteiger charge is 2.16. The highest BCUT2D eigenvalue weighted by Crippen LogP contribution is 2.26. The lowest BCUT2D eigenvalue weighted by Crippen LogP contribution is -2.39. The fourth-order valence-corrected chi connectivity index (χ4v) is 1.86. The summed E-state index contributed by atoms with van der Waals surface area (Å²) in [5.41, 5.74) is 12.8. The first-order valence-corrected chi connectivity index (χ1v) is 5.87. The largest absolute Gasteiger partial charge is 0.368 e. The van der Waals surface area contributed by atoms with Gasteiger partial charge in [0.15, 0.2) is 0 Å². The van der Waals surface area contributed by atoms with Crippen molar-refractivity contribution in [3.05, 3.63) is 28.8 Å². The molecule has 1 rings (SSSR count).